The molecule has 0 aliphatic heterocycles. The lowest BCUT2D eigenvalue weighted by Gasteiger charge is -2.30. The maximum Gasteiger partial charge on any atom is 0.412 e. The lowest BCUT2D eigenvalue weighted by Crippen LogP contribution is -2.26. The van der Waals surface area contributed by atoms with Crippen molar-refractivity contribution in [1.29, 1.82) is 0 Å². The highest BCUT2D eigenvalue weighted by Gasteiger charge is 2.35. The van der Waals surface area contributed by atoms with Gasteiger partial charge < -0.3 is 15.0 Å². The van der Waals surface area contributed by atoms with E-state index in [-0.39, 0.29) is 12.3 Å². The van der Waals surface area contributed by atoms with Crippen molar-refractivity contribution in [3.8, 4) is 5.75 Å². The Hall–Kier alpha value is -3.22. The number of alkyl halides is 3. The topological polar surface area (TPSA) is 41.6 Å². The molecule has 0 spiro atoms. The minimum absolute atomic E-state index is 0.00427. The van der Waals surface area contributed by atoms with Crippen molar-refractivity contribution in [2.24, 2.45) is 0 Å². The Balaban J connectivity index is 1.81. The molecule has 0 fully saturated rings. The molecule has 1 aliphatic carbocycles. The summed E-state index contributed by atoms with van der Waals surface area (Å²) in [5.41, 5.74) is 2.74. The predicted octanol–water partition coefficient (Wildman–Crippen LogP) is 6.33. The number of carbonyl (C=O) groups excluding carboxylic acids is 1. The molecule has 1 aliphatic rings. The SMILES string of the molecule is CCN(C1=C(C)CCC(C(F)(F)F)=C1)c1ccc(NC(=O)c2ccccc2OC)cc1. The number of likely N-dealkylation sites (N-methyl/N-ethyl adjacent to an activating group) is 1. The van der Waals surface area contributed by atoms with Gasteiger partial charge in [0.25, 0.3) is 5.91 Å². The van der Waals surface area contributed by atoms with Gasteiger partial charge in [0.1, 0.15) is 5.75 Å². The van der Waals surface area contributed by atoms with E-state index in [0.29, 0.717) is 35.7 Å². The molecule has 31 heavy (non-hydrogen) atoms. The van der Waals surface area contributed by atoms with Crippen LogP contribution in [0.1, 0.15) is 37.0 Å². The summed E-state index contributed by atoms with van der Waals surface area (Å²) in [5.74, 6) is 0.168. The van der Waals surface area contributed by atoms with Crippen LogP contribution in [0, 0.1) is 0 Å². The Morgan fingerprint density at radius 3 is 2.39 bits per heavy atom. The number of anilines is 2. The molecule has 2 aromatic rings. The van der Waals surface area contributed by atoms with E-state index >= 15 is 0 Å². The van der Waals surface area contributed by atoms with Crippen molar-refractivity contribution in [3.05, 3.63) is 77.0 Å². The van der Waals surface area contributed by atoms with Crippen molar-refractivity contribution in [3.63, 3.8) is 0 Å². The molecule has 0 saturated carbocycles. The number of hydrogen-bond acceptors (Lipinski definition) is 3. The molecule has 0 aromatic heterocycles. The van der Waals surface area contributed by atoms with E-state index in [1.54, 1.807) is 48.5 Å². The zero-order valence-electron chi connectivity index (χ0n) is 17.7. The molecule has 0 bridgehead atoms. The van der Waals surface area contributed by atoms with Crippen LogP contribution in [0.4, 0.5) is 24.5 Å². The number of amides is 1. The fourth-order valence-electron chi connectivity index (χ4n) is 3.59. The van der Waals surface area contributed by atoms with Gasteiger partial charge in [0.15, 0.2) is 0 Å². The number of nitrogens with one attached hydrogen (secondary N) is 1. The van der Waals surface area contributed by atoms with Crippen LogP contribution in [0.15, 0.2) is 71.5 Å². The maximum absolute atomic E-state index is 13.2. The molecule has 0 atom stereocenters. The van der Waals surface area contributed by atoms with Gasteiger partial charge in [0.2, 0.25) is 0 Å². The highest BCUT2D eigenvalue weighted by molar-refractivity contribution is 6.06. The van der Waals surface area contributed by atoms with Crippen LogP contribution in [0.3, 0.4) is 0 Å². The second kappa shape index (κ2) is 9.29. The van der Waals surface area contributed by atoms with Crippen molar-refractivity contribution < 1.29 is 22.7 Å². The van der Waals surface area contributed by atoms with Gasteiger partial charge >= 0.3 is 6.18 Å². The van der Waals surface area contributed by atoms with Crippen LogP contribution in [0.2, 0.25) is 0 Å². The standard InChI is InChI=1S/C24H25F3N2O2/c1-4-29(21-15-17(24(25,26)27)10-9-16(21)2)19-13-11-18(12-14-19)28-23(30)20-7-5-6-8-22(20)31-3/h5-8,11-15H,4,9-10H2,1-3H3,(H,28,30). The lowest BCUT2D eigenvalue weighted by atomic mass is 9.95. The van der Waals surface area contributed by atoms with E-state index in [0.717, 1.165) is 11.3 Å². The first-order valence-corrected chi connectivity index (χ1v) is 10.0. The number of methoxy groups -OCH3 is 1. The van der Waals surface area contributed by atoms with Crippen LogP contribution in [-0.2, 0) is 0 Å². The second-order valence-electron chi connectivity index (χ2n) is 7.28. The van der Waals surface area contributed by atoms with E-state index in [9.17, 15) is 18.0 Å². The fourth-order valence-corrected chi connectivity index (χ4v) is 3.59. The molecule has 1 amide bonds. The Bertz CT molecular complexity index is 1010. The maximum atomic E-state index is 13.2. The van der Waals surface area contributed by atoms with Gasteiger partial charge in [0, 0.05) is 29.2 Å². The van der Waals surface area contributed by atoms with Crippen LogP contribution in [0.5, 0.6) is 5.75 Å². The predicted molar refractivity (Wildman–Crippen MR) is 116 cm³/mol. The van der Waals surface area contributed by atoms with Gasteiger partial charge in [-0.2, -0.15) is 13.2 Å². The average Bonchev–Trinajstić information content (AvgIpc) is 2.75. The van der Waals surface area contributed by atoms with Crippen LogP contribution in [-0.4, -0.2) is 25.7 Å². The van der Waals surface area contributed by atoms with E-state index in [4.69, 9.17) is 4.74 Å². The number of benzene rings is 2. The summed E-state index contributed by atoms with van der Waals surface area (Å²) >= 11 is 0. The first-order chi connectivity index (χ1) is 14.7. The third-order valence-electron chi connectivity index (χ3n) is 5.28. The molecule has 0 saturated heterocycles. The molecule has 1 N–H and O–H groups in total. The molecule has 0 heterocycles. The van der Waals surface area contributed by atoms with Crippen molar-refractivity contribution in [1.82, 2.24) is 0 Å². The smallest absolute Gasteiger partial charge is 0.412 e. The Morgan fingerprint density at radius 2 is 1.77 bits per heavy atom. The number of carbonyl (C=O) groups is 1. The highest BCUT2D eigenvalue weighted by Crippen LogP contribution is 2.37. The van der Waals surface area contributed by atoms with Crippen LogP contribution in [0.25, 0.3) is 0 Å². The summed E-state index contributed by atoms with van der Waals surface area (Å²) in [6, 6.07) is 14.0. The summed E-state index contributed by atoms with van der Waals surface area (Å²) in [7, 11) is 1.50. The van der Waals surface area contributed by atoms with E-state index < -0.39 is 11.7 Å². The summed E-state index contributed by atoms with van der Waals surface area (Å²) in [6.07, 6.45) is -2.69. The van der Waals surface area contributed by atoms with E-state index in [2.05, 4.69) is 5.32 Å². The van der Waals surface area contributed by atoms with Gasteiger partial charge in [-0.3, -0.25) is 4.79 Å². The van der Waals surface area contributed by atoms with Gasteiger partial charge in [-0.05, 0) is 74.7 Å². The number of halogens is 3. The van der Waals surface area contributed by atoms with Crippen LogP contribution >= 0.6 is 0 Å². The van der Waals surface area contributed by atoms with Crippen molar-refractivity contribution >= 4 is 17.3 Å². The monoisotopic (exact) mass is 430 g/mol. The number of allylic oxidation sites excluding steroid dienone is 3. The molecule has 7 heteroatoms. The zero-order valence-corrected chi connectivity index (χ0v) is 17.7. The van der Waals surface area contributed by atoms with Gasteiger partial charge in [-0.1, -0.05) is 12.1 Å². The number of hydrogen-bond donors (Lipinski definition) is 1. The summed E-state index contributed by atoms with van der Waals surface area (Å²) < 4.78 is 44.9. The van der Waals surface area contributed by atoms with E-state index in [1.165, 1.54) is 13.2 Å². The average molecular weight is 430 g/mol. The summed E-state index contributed by atoms with van der Waals surface area (Å²) in [6.45, 7) is 4.28. The van der Waals surface area contributed by atoms with Crippen LogP contribution < -0.4 is 15.0 Å². The normalized spacial score (nSPS) is 14.2. The third-order valence-corrected chi connectivity index (χ3v) is 5.28. The Morgan fingerprint density at radius 1 is 1.10 bits per heavy atom. The lowest BCUT2D eigenvalue weighted by molar-refractivity contribution is -0.0942. The molecule has 0 unspecified atom stereocenters. The van der Waals surface area contributed by atoms with E-state index in [1.807, 2.05) is 18.7 Å². The highest BCUT2D eigenvalue weighted by atomic mass is 19.4. The molecule has 4 nitrogen and oxygen atoms in total. The molecule has 3 rings (SSSR count). The van der Waals surface area contributed by atoms with Crippen molar-refractivity contribution in [2.75, 3.05) is 23.9 Å². The van der Waals surface area contributed by atoms with Gasteiger partial charge in [-0.25, -0.2) is 0 Å². The largest absolute Gasteiger partial charge is 0.496 e. The molecular weight excluding hydrogens is 405 g/mol. The Labute approximate surface area is 180 Å². The third kappa shape index (κ3) is 5.10. The fraction of sp³-hybridized carbons (Fsp3) is 0.292. The zero-order chi connectivity index (χ0) is 22.6. The Kier molecular flexibility index (Phi) is 6.73. The van der Waals surface area contributed by atoms with Gasteiger partial charge in [0.05, 0.1) is 12.7 Å². The number of ether oxygens (including phenoxy) is 1. The van der Waals surface area contributed by atoms with Gasteiger partial charge in [-0.15, -0.1) is 0 Å². The molecule has 164 valence electrons. The summed E-state index contributed by atoms with van der Waals surface area (Å²) in [4.78, 5) is 14.4. The minimum Gasteiger partial charge on any atom is -0.496 e. The second-order valence-corrected chi connectivity index (χ2v) is 7.28. The molecule has 2 aromatic carbocycles. The van der Waals surface area contributed by atoms with Crippen molar-refractivity contribution in [2.45, 2.75) is 32.9 Å². The first kappa shape index (κ1) is 22.5. The number of rotatable bonds is 6. The quantitative estimate of drug-likeness (QED) is 0.582. The molecular formula is C24H25F3N2O2. The first-order valence-electron chi connectivity index (χ1n) is 10.0. The number of nitrogens with zero attached hydrogens (tertiary/aromatic N) is 1. The molecule has 0 radical (unpaired) electrons. The number of para-hydroxylation sites is 1. The minimum atomic E-state index is -4.32. The summed E-state index contributed by atoms with van der Waals surface area (Å²) in [5, 5.41) is 2.82.